The van der Waals surface area contributed by atoms with E-state index in [-0.39, 0.29) is 11.8 Å². The van der Waals surface area contributed by atoms with Crippen LogP contribution in [0.5, 0.6) is 0 Å². The molecule has 2 rings (SSSR count). The summed E-state index contributed by atoms with van der Waals surface area (Å²) in [6.45, 7) is 5.54. The Morgan fingerprint density at radius 1 is 0.783 bits per heavy atom. The molecular weight excluding hydrogens is 288 g/mol. The largest absolute Gasteiger partial charge is 0.316 e. The second-order valence-corrected chi connectivity index (χ2v) is 5.76. The van der Waals surface area contributed by atoms with Crippen molar-refractivity contribution in [2.75, 3.05) is 23.9 Å². The van der Waals surface area contributed by atoms with Crippen LogP contribution in [0.2, 0.25) is 0 Å². The molecule has 4 heteroatoms. The number of hydrogen-bond donors (Lipinski definition) is 0. The van der Waals surface area contributed by atoms with E-state index < -0.39 is 0 Å². The number of nitrogens with zero attached hydrogens (tertiary/aromatic N) is 2. The molecule has 4 nitrogen and oxygen atoms in total. The first-order chi connectivity index (χ1) is 10.8. The Labute approximate surface area is 137 Å². The highest BCUT2D eigenvalue weighted by molar-refractivity contribution is 6.06. The van der Waals surface area contributed by atoms with Gasteiger partial charge in [-0.2, -0.15) is 0 Å². The number of rotatable bonds is 3. The summed E-state index contributed by atoms with van der Waals surface area (Å²) in [5.41, 5.74) is 4.52. The molecule has 0 spiro atoms. The molecule has 0 bridgehead atoms. The predicted octanol–water partition coefficient (Wildman–Crippen LogP) is 3.56. The highest BCUT2D eigenvalue weighted by Gasteiger charge is 2.14. The van der Waals surface area contributed by atoms with Gasteiger partial charge in [0.05, 0.1) is 0 Å². The molecule has 120 valence electrons. The molecule has 0 radical (unpaired) electrons. The van der Waals surface area contributed by atoms with Gasteiger partial charge < -0.3 is 9.80 Å². The fourth-order valence-electron chi connectivity index (χ4n) is 2.27. The number of carbonyl (C=O) groups excluding carboxylic acids is 2. The van der Waals surface area contributed by atoms with Crippen LogP contribution < -0.4 is 9.80 Å². The van der Waals surface area contributed by atoms with Crippen molar-refractivity contribution in [3.05, 3.63) is 59.2 Å². The van der Waals surface area contributed by atoms with Gasteiger partial charge in [-0.1, -0.05) is 6.07 Å². The molecule has 2 aromatic rings. The minimum atomic E-state index is -0.0548. The maximum Gasteiger partial charge on any atom is 0.258 e. The number of aryl methyl sites for hydroxylation is 2. The molecule has 2 aromatic carbocycles. The van der Waals surface area contributed by atoms with Gasteiger partial charge in [0, 0.05) is 38.0 Å². The van der Waals surface area contributed by atoms with Gasteiger partial charge in [-0.15, -0.1) is 0 Å². The van der Waals surface area contributed by atoms with Crippen molar-refractivity contribution in [3.63, 3.8) is 0 Å². The van der Waals surface area contributed by atoms with Crippen molar-refractivity contribution in [1.29, 1.82) is 0 Å². The summed E-state index contributed by atoms with van der Waals surface area (Å²) in [4.78, 5) is 27.2. The van der Waals surface area contributed by atoms with Gasteiger partial charge >= 0.3 is 0 Å². The molecule has 0 aromatic heterocycles. The highest BCUT2D eigenvalue weighted by Crippen LogP contribution is 2.21. The Bertz CT molecular complexity index is 736. The summed E-state index contributed by atoms with van der Waals surface area (Å²) in [6, 6.07) is 13.1. The Morgan fingerprint density at radius 3 is 1.78 bits per heavy atom. The third-order valence-corrected chi connectivity index (χ3v) is 4.16. The molecule has 0 aliphatic carbocycles. The molecule has 0 saturated carbocycles. The third kappa shape index (κ3) is 3.59. The molecule has 0 N–H and O–H groups in total. The van der Waals surface area contributed by atoms with E-state index in [0.29, 0.717) is 5.56 Å². The minimum absolute atomic E-state index is 0.0303. The van der Waals surface area contributed by atoms with Crippen LogP contribution in [0.1, 0.15) is 28.4 Å². The van der Waals surface area contributed by atoms with Crippen LogP contribution in [0, 0.1) is 13.8 Å². The van der Waals surface area contributed by atoms with E-state index in [9.17, 15) is 9.59 Å². The summed E-state index contributed by atoms with van der Waals surface area (Å²) in [5, 5.41) is 0. The number of carbonyl (C=O) groups is 2. The van der Waals surface area contributed by atoms with E-state index in [1.165, 1.54) is 12.5 Å². The number of amides is 2. The Morgan fingerprint density at radius 2 is 1.30 bits per heavy atom. The van der Waals surface area contributed by atoms with E-state index in [1.54, 1.807) is 23.9 Å². The van der Waals surface area contributed by atoms with E-state index >= 15 is 0 Å². The van der Waals surface area contributed by atoms with Gasteiger partial charge in [-0.05, 0) is 61.4 Å². The Balaban J connectivity index is 2.22. The maximum absolute atomic E-state index is 12.6. The standard InChI is InChI=1S/C19H22N2O2/c1-13-6-7-16(12-14(13)2)19(23)21(5)18-10-8-17(9-11-18)20(4)15(3)22/h6-12H,1-5H3. The average molecular weight is 310 g/mol. The lowest BCUT2D eigenvalue weighted by atomic mass is 10.1. The molecular formula is C19H22N2O2. The molecule has 0 aliphatic heterocycles. The van der Waals surface area contributed by atoms with Crippen LogP contribution >= 0.6 is 0 Å². The minimum Gasteiger partial charge on any atom is -0.316 e. The van der Waals surface area contributed by atoms with Crippen LogP contribution in [0.15, 0.2) is 42.5 Å². The van der Waals surface area contributed by atoms with Crippen LogP contribution in [0.4, 0.5) is 11.4 Å². The summed E-state index contributed by atoms with van der Waals surface area (Å²) >= 11 is 0. The fourth-order valence-corrected chi connectivity index (χ4v) is 2.27. The zero-order valence-corrected chi connectivity index (χ0v) is 14.3. The van der Waals surface area contributed by atoms with Gasteiger partial charge in [-0.25, -0.2) is 0 Å². The lowest BCUT2D eigenvalue weighted by Crippen LogP contribution is -2.26. The molecule has 0 heterocycles. The van der Waals surface area contributed by atoms with Crippen molar-refractivity contribution < 1.29 is 9.59 Å². The van der Waals surface area contributed by atoms with Gasteiger partial charge in [0.1, 0.15) is 0 Å². The summed E-state index contributed by atoms with van der Waals surface area (Å²) in [6.07, 6.45) is 0. The first-order valence-corrected chi connectivity index (χ1v) is 7.51. The second-order valence-electron chi connectivity index (χ2n) is 5.76. The normalized spacial score (nSPS) is 10.3. The van der Waals surface area contributed by atoms with Gasteiger partial charge in [0.25, 0.3) is 5.91 Å². The second kappa shape index (κ2) is 6.65. The molecule has 0 atom stereocenters. The molecule has 0 fully saturated rings. The Hall–Kier alpha value is -2.62. The van der Waals surface area contributed by atoms with Gasteiger partial charge in [0.2, 0.25) is 5.91 Å². The predicted molar refractivity (Wildman–Crippen MR) is 94.2 cm³/mol. The fraction of sp³-hybridized carbons (Fsp3) is 0.263. The quantitative estimate of drug-likeness (QED) is 0.869. The SMILES string of the molecule is CC(=O)N(C)c1ccc(N(C)C(=O)c2ccc(C)c(C)c2)cc1. The van der Waals surface area contributed by atoms with Crippen molar-refractivity contribution in [2.24, 2.45) is 0 Å². The Kier molecular flexibility index (Phi) is 4.84. The van der Waals surface area contributed by atoms with Crippen LogP contribution in [0.3, 0.4) is 0 Å². The summed E-state index contributed by atoms with van der Waals surface area (Å²) in [5.74, 6) is -0.0851. The van der Waals surface area contributed by atoms with E-state index in [1.807, 2.05) is 56.3 Å². The smallest absolute Gasteiger partial charge is 0.258 e. The monoisotopic (exact) mass is 310 g/mol. The van der Waals surface area contributed by atoms with E-state index in [4.69, 9.17) is 0 Å². The first kappa shape index (κ1) is 16.7. The van der Waals surface area contributed by atoms with E-state index in [0.717, 1.165) is 16.9 Å². The van der Waals surface area contributed by atoms with Crippen LogP contribution in [-0.4, -0.2) is 25.9 Å². The number of anilines is 2. The highest BCUT2D eigenvalue weighted by atomic mass is 16.2. The molecule has 2 amide bonds. The lowest BCUT2D eigenvalue weighted by molar-refractivity contribution is -0.116. The molecule has 0 saturated heterocycles. The van der Waals surface area contributed by atoms with Crippen LogP contribution in [-0.2, 0) is 4.79 Å². The number of hydrogen-bond acceptors (Lipinski definition) is 2. The maximum atomic E-state index is 12.6. The van der Waals surface area contributed by atoms with Crippen molar-refractivity contribution in [3.8, 4) is 0 Å². The topological polar surface area (TPSA) is 40.6 Å². The lowest BCUT2D eigenvalue weighted by Gasteiger charge is -2.20. The van der Waals surface area contributed by atoms with Crippen molar-refractivity contribution >= 4 is 23.2 Å². The van der Waals surface area contributed by atoms with E-state index in [2.05, 4.69) is 0 Å². The van der Waals surface area contributed by atoms with Crippen LogP contribution in [0.25, 0.3) is 0 Å². The van der Waals surface area contributed by atoms with Crippen molar-refractivity contribution in [1.82, 2.24) is 0 Å². The average Bonchev–Trinajstić information content (AvgIpc) is 2.55. The van der Waals surface area contributed by atoms with Gasteiger partial charge in [-0.3, -0.25) is 9.59 Å². The third-order valence-electron chi connectivity index (χ3n) is 4.16. The van der Waals surface area contributed by atoms with Crippen molar-refractivity contribution in [2.45, 2.75) is 20.8 Å². The summed E-state index contributed by atoms with van der Waals surface area (Å²) in [7, 11) is 3.47. The molecule has 23 heavy (non-hydrogen) atoms. The zero-order chi connectivity index (χ0) is 17.1. The molecule has 0 unspecified atom stereocenters. The molecule has 0 aliphatic rings. The number of benzene rings is 2. The first-order valence-electron chi connectivity index (χ1n) is 7.51. The van der Waals surface area contributed by atoms with Gasteiger partial charge in [0.15, 0.2) is 0 Å². The summed E-state index contributed by atoms with van der Waals surface area (Å²) < 4.78 is 0. The zero-order valence-electron chi connectivity index (χ0n) is 14.3.